The van der Waals surface area contributed by atoms with E-state index in [1.807, 2.05) is 0 Å². The fraction of sp³-hybridized carbons (Fsp3) is 0.615. The summed E-state index contributed by atoms with van der Waals surface area (Å²) in [6, 6.07) is 0. The predicted molar refractivity (Wildman–Crippen MR) is 74.7 cm³/mol. The Morgan fingerprint density at radius 1 is 1.47 bits per heavy atom. The second-order valence-electron chi connectivity index (χ2n) is 5.21. The quantitative estimate of drug-likeness (QED) is 0.741. The van der Waals surface area contributed by atoms with Crippen molar-refractivity contribution in [3.05, 3.63) is 11.5 Å². The molecule has 1 fully saturated rings. The van der Waals surface area contributed by atoms with Gasteiger partial charge in [0.2, 0.25) is 5.28 Å². The third kappa shape index (κ3) is 1.64. The number of anilines is 2. The second-order valence-corrected chi connectivity index (χ2v) is 5.54. The Kier molecular flexibility index (Phi) is 2.89. The van der Waals surface area contributed by atoms with Crippen LogP contribution in [0.1, 0.15) is 32.6 Å². The van der Waals surface area contributed by atoms with Gasteiger partial charge >= 0.3 is 0 Å². The Morgan fingerprint density at radius 2 is 2.26 bits per heavy atom. The van der Waals surface area contributed by atoms with Crippen LogP contribution in [0.15, 0.2) is 6.20 Å². The Hall–Kier alpha value is -1.36. The van der Waals surface area contributed by atoms with Gasteiger partial charge in [-0.2, -0.15) is 4.98 Å². The number of hydrogen-bond acceptors (Lipinski definition) is 4. The summed E-state index contributed by atoms with van der Waals surface area (Å²) in [6.07, 6.45) is 5.47. The summed E-state index contributed by atoms with van der Waals surface area (Å²) in [4.78, 5) is 24.9. The number of rotatable bonds is 1. The summed E-state index contributed by atoms with van der Waals surface area (Å²) in [5, 5.41) is 0.233. The molecule has 0 aromatic carbocycles. The summed E-state index contributed by atoms with van der Waals surface area (Å²) < 4.78 is 0. The van der Waals surface area contributed by atoms with Crippen LogP contribution < -0.4 is 9.80 Å². The zero-order chi connectivity index (χ0) is 13.6. The average Bonchev–Trinajstić information content (AvgIpc) is 2.44. The summed E-state index contributed by atoms with van der Waals surface area (Å²) in [7, 11) is 1.79. The number of fused-ring (bicyclic) bond motifs is 3. The first-order chi connectivity index (χ1) is 9.10. The maximum atomic E-state index is 12.8. The summed E-state index contributed by atoms with van der Waals surface area (Å²) >= 11 is 5.93. The van der Waals surface area contributed by atoms with E-state index in [0.29, 0.717) is 0 Å². The van der Waals surface area contributed by atoms with Gasteiger partial charge in [0.05, 0.1) is 6.20 Å². The molecule has 0 radical (unpaired) electrons. The Bertz CT molecular complexity index is 535. The molecule has 5 nitrogen and oxygen atoms in total. The smallest absolute Gasteiger partial charge is 0.252 e. The standard InChI is InChI=1S/C13H17ClN4O/c1-3-13-6-4-5-7-18(13)10-9(17(2)11(13)19)8-15-12(14)16-10/h8H,3-7H2,1-2H3. The number of piperidine rings is 1. The summed E-state index contributed by atoms with van der Waals surface area (Å²) in [5.74, 6) is 0.941. The third-order valence-electron chi connectivity index (χ3n) is 4.36. The minimum absolute atomic E-state index is 0.146. The highest BCUT2D eigenvalue weighted by Gasteiger charge is 2.50. The summed E-state index contributed by atoms with van der Waals surface area (Å²) in [6.45, 7) is 2.92. The predicted octanol–water partition coefficient (Wildman–Crippen LogP) is 2.25. The van der Waals surface area contributed by atoms with Crippen molar-refractivity contribution >= 4 is 29.0 Å². The molecule has 2 aliphatic heterocycles. The number of carbonyl (C=O) groups is 1. The summed E-state index contributed by atoms with van der Waals surface area (Å²) in [5.41, 5.74) is 0.304. The van der Waals surface area contributed by atoms with E-state index < -0.39 is 5.54 Å². The van der Waals surface area contributed by atoms with Gasteiger partial charge in [-0.15, -0.1) is 0 Å². The van der Waals surface area contributed by atoms with Crippen molar-refractivity contribution in [3.63, 3.8) is 0 Å². The Labute approximate surface area is 117 Å². The second kappa shape index (κ2) is 4.34. The molecule has 3 rings (SSSR count). The number of aromatic nitrogens is 2. The molecule has 1 aromatic rings. The molecule has 6 heteroatoms. The van der Waals surface area contributed by atoms with E-state index >= 15 is 0 Å². The fourth-order valence-corrected chi connectivity index (χ4v) is 3.42. The number of hydrogen-bond donors (Lipinski definition) is 0. The first-order valence-electron chi connectivity index (χ1n) is 6.68. The monoisotopic (exact) mass is 280 g/mol. The Morgan fingerprint density at radius 3 is 3.00 bits per heavy atom. The molecule has 0 bridgehead atoms. The van der Waals surface area contributed by atoms with Gasteiger partial charge < -0.3 is 9.80 Å². The molecular weight excluding hydrogens is 264 g/mol. The molecular formula is C13H17ClN4O. The maximum absolute atomic E-state index is 12.8. The number of likely N-dealkylation sites (N-methyl/N-ethyl adjacent to an activating group) is 1. The lowest BCUT2D eigenvalue weighted by molar-refractivity contribution is -0.124. The van der Waals surface area contributed by atoms with Crippen molar-refractivity contribution in [2.45, 2.75) is 38.1 Å². The van der Waals surface area contributed by atoms with Gasteiger partial charge in [-0.1, -0.05) is 6.92 Å². The van der Waals surface area contributed by atoms with Gasteiger partial charge in [0, 0.05) is 13.6 Å². The van der Waals surface area contributed by atoms with Crippen molar-refractivity contribution in [2.24, 2.45) is 0 Å². The molecule has 0 aliphatic carbocycles. The number of nitrogens with zero attached hydrogens (tertiary/aromatic N) is 4. The fourth-order valence-electron chi connectivity index (χ4n) is 3.29. The molecule has 1 atom stereocenters. The van der Waals surface area contributed by atoms with Crippen molar-refractivity contribution in [1.29, 1.82) is 0 Å². The van der Waals surface area contributed by atoms with Crippen LogP contribution >= 0.6 is 11.6 Å². The van der Waals surface area contributed by atoms with Crippen LogP contribution in [-0.4, -0.2) is 35.0 Å². The largest absolute Gasteiger partial charge is 0.340 e. The maximum Gasteiger partial charge on any atom is 0.252 e. The van der Waals surface area contributed by atoms with Crippen LogP contribution in [0.25, 0.3) is 0 Å². The normalized spacial score (nSPS) is 26.2. The minimum Gasteiger partial charge on any atom is -0.340 e. The van der Waals surface area contributed by atoms with Gasteiger partial charge in [0.25, 0.3) is 5.91 Å². The van der Waals surface area contributed by atoms with E-state index in [9.17, 15) is 4.79 Å². The third-order valence-corrected chi connectivity index (χ3v) is 4.55. The lowest BCUT2D eigenvalue weighted by Crippen LogP contribution is -2.64. The first-order valence-corrected chi connectivity index (χ1v) is 7.06. The number of amides is 1. The zero-order valence-corrected chi connectivity index (χ0v) is 11.9. The molecule has 0 N–H and O–H groups in total. The molecule has 3 heterocycles. The van der Waals surface area contributed by atoms with Crippen LogP contribution in [-0.2, 0) is 4.79 Å². The van der Waals surface area contributed by atoms with Gasteiger partial charge in [0.1, 0.15) is 11.2 Å². The molecule has 1 saturated heterocycles. The van der Waals surface area contributed by atoms with Crippen LogP contribution in [0.2, 0.25) is 5.28 Å². The van der Waals surface area contributed by atoms with Crippen molar-refractivity contribution in [2.75, 3.05) is 23.4 Å². The van der Waals surface area contributed by atoms with Crippen LogP contribution in [0.4, 0.5) is 11.5 Å². The van der Waals surface area contributed by atoms with Crippen molar-refractivity contribution in [3.8, 4) is 0 Å². The van der Waals surface area contributed by atoms with Crippen LogP contribution in [0.3, 0.4) is 0 Å². The number of carbonyl (C=O) groups excluding carboxylic acids is 1. The zero-order valence-electron chi connectivity index (χ0n) is 11.2. The molecule has 0 spiro atoms. The topological polar surface area (TPSA) is 49.3 Å². The van der Waals surface area contributed by atoms with Crippen LogP contribution in [0, 0.1) is 0 Å². The molecule has 19 heavy (non-hydrogen) atoms. The molecule has 0 saturated carbocycles. The van der Waals surface area contributed by atoms with E-state index in [4.69, 9.17) is 11.6 Å². The molecule has 1 amide bonds. The van der Waals surface area contributed by atoms with Crippen LogP contribution in [0.5, 0.6) is 0 Å². The van der Waals surface area contributed by atoms with Gasteiger partial charge in [0.15, 0.2) is 5.82 Å². The molecule has 1 unspecified atom stereocenters. The lowest BCUT2D eigenvalue weighted by atomic mass is 9.81. The Balaban J connectivity index is 2.20. The first kappa shape index (κ1) is 12.7. The highest BCUT2D eigenvalue weighted by atomic mass is 35.5. The van der Waals surface area contributed by atoms with E-state index in [1.54, 1.807) is 18.1 Å². The molecule has 1 aromatic heterocycles. The van der Waals surface area contributed by atoms with E-state index in [1.165, 1.54) is 0 Å². The molecule has 2 aliphatic rings. The average molecular weight is 281 g/mol. The lowest BCUT2D eigenvalue weighted by Gasteiger charge is -2.51. The highest BCUT2D eigenvalue weighted by molar-refractivity contribution is 6.28. The van der Waals surface area contributed by atoms with E-state index in [-0.39, 0.29) is 11.2 Å². The highest BCUT2D eigenvalue weighted by Crippen LogP contribution is 2.44. The van der Waals surface area contributed by atoms with E-state index in [0.717, 1.165) is 43.7 Å². The SMILES string of the molecule is CCC12CCCCN1c1nc(Cl)ncc1N(C)C2=O. The van der Waals surface area contributed by atoms with E-state index in [2.05, 4.69) is 21.8 Å². The molecule has 102 valence electrons. The van der Waals surface area contributed by atoms with Crippen molar-refractivity contribution < 1.29 is 4.79 Å². The van der Waals surface area contributed by atoms with Crippen molar-refractivity contribution in [1.82, 2.24) is 9.97 Å². The minimum atomic E-state index is -0.447. The van der Waals surface area contributed by atoms with Gasteiger partial charge in [-0.3, -0.25) is 4.79 Å². The van der Waals surface area contributed by atoms with Gasteiger partial charge in [-0.25, -0.2) is 4.98 Å². The number of halogens is 1. The van der Waals surface area contributed by atoms with Gasteiger partial charge in [-0.05, 0) is 37.3 Å².